The quantitative estimate of drug-likeness (QED) is 0.663. The first-order valence-corrected chi connectivity index (χ1v) is 8.58. The van der Waals surface area contributed by atoms with Gasteiger partial charge in [0.25, 0.3) is 5.91 Å². The number of carbonyl (C=O) groups excluding carboxylic acids is 1. The minimum atomic E-state index is -0.275. The largest absolute Gasteiger partial charge is 0.497 e. The second kappa shape index (κ2) is 8.49. The molecule has 2 aromatic carbocycles. The average Bonchev–Trinajstić information content (AvgIpc) is 2.69. The van der Waals surface area contributed by atoms with E-state index in [9.17, 15) is 4.79 Å². The first kappa shape index (κ1) is 17.9. The zero-order chi connectivity index (χ0) is 18.4. The van der Waals surface area contributed by atoms with Gasteiger partial charge < -0.3 is 14.4 Å². The van der Waals surface area contributed by atoms with Crippen molar-refractivity contribution < 1.29 is 14.3 Å². The summed E-state index contributed by atoms with van der Waals surface area (Å²) in [5.74, 6) is 0.360. The van der Waals surface area contributed by atoms with Gasteiger partial charge in [-0.25, -0.2) is 5.43 Å². The number of hydrogen-bond acceptors (Lipinski definition) is 5. The Morgan fingerprint density at radius 2 is 2.04 bits per heavy atom. The molecule has 1 amide bonds. The van der Waals surface area contributed by atoms with E-state index in [1.165, 1.54) is 5.69 Å². The number of benzene rings is 2. The van der Waals surface area contributed by atoms with E-state index in [1.54, 1.807) is 37.6 Å². The molecule has 6 nitrogen and oxygen atoms in total. The van der Waals surface area contributed by atoms with Gasteiger partial charge in [-0.1, -0.05) is 12.1 Å². The molecule has 2 aromatic rings. The number of hydrazone groups is 1. The molecule has 1 aliphatic rings. The lowest BCUT2D eigenvalue weighted by Crippen LogP contribution is -2.36. The van der Waals surface area contributed by atoms with Crippen LogP contribution in [0, 0.1) is 6.92 Å². The number of carbonyl (C=O) groups is 1. The lowest BCUT2D eigenvalue weighted by molar-refractivity contribution is 0.0954. The molecule has 0 spiro atoms. The zero-order valence-corrected chi connectivity index (χ0v) is 15.1. The third kappa shape index (κ3) is 4.40. The van der Waals surface area contributed by atoms with Crippen molar-refractivity contribution in [2.45, 2.75) is 6.92 Å². The molecule has 1 N–H and O–H groups in total. The predicted octanol–water partition coefficient (Wildman–Crippen LogP) is 2.60. The van der Waals surface area contributed by atoms with Gasteiger partial charge in [-0.2, -0.15) is 5.10 Å². The van der Waals surface area contributed by atoms with Crippen LogP contribution in [0.5, 0.6) is 5.75 Å². The van der Waals surface area contributed by atoms with Crippen molar-refractivity contribution in [2.75, 3.05) is 38.3 Å². The molecule has 26 heavy (non-hydrogen) atoms. The van der Waals surface area contributed by atoms with Crippen molar-refractivity contribution in [3.63, 3.8) is 0 Å². The van der Waals surface area contributed by atoms with Gasteiger partial charge >= 0.3 is 0 Å². The van der Waals surface area contributed by atoms with Crippen molar-refractivity contribution in [3.8, 4) is 5.75 Å². The fourth-order valence-corrected chi connectivity index (χ4v) is 2.81. The van der Waals surface area contributed by atoms with E-state index in [1.807, 2.05) is 13.0 Å². The molecule has 0 bridgehead atoms. The molecule has 3 rings (SSSR count). The highest BCUT2D eigenvalue weighted by atomic mass is 16.5. The average molecular weight is 353 g/mol. The minimum Gasteiger partial charge on any atom is -0.497 e. The molecule has 1 heterocycles. The summed E-state index contributed by atoms with van der Waals surface area (Å²) in [6.45, 7) is 5.37. The third-order valence-electron chi connectivity index (χ3n) is 4.33. The van der Waals surface area contributed by atoms with Crippen LogP contribution in [0.15, 0.2) is 47.6 Å². The fraction of sp³-hybridized carbons (Fsp3) is 0.300. The lowest BCUT2D eigenvalue weighted by Gasteiger charge is -2.29. The van der Waals surface area contributed by atoms with Crippen molar-refractivity contribution in [3.05, 3.63) is 59.2 Å². The molecule has 0 saturated carbocycles. The molecule has 1 fully saturated rings. The number of rotatable bonds is 5. The summed E-state index contributed by atoms with van der Waals surface area (Å²) in [7, 11) is 1.57. The van der Waals surface area contributed by atoms with Crippen LogP contribution in [0.2, 0.25) is 0 Å². The van der Waals surface area contributed by atoms with Gasteiger partial charge in [0.15, 0.2) is 0 Å². The molecule has 1 aliphatic heterocycles. The highest BCUT2D eigenvalue weighted by Crippen LogP contribution is 2.19. The molecule has 0 atom stereocenters. The van der Waals surface area contributed by atoms with Gasteiger partial charge in [0, 0.05) is 24.3 Å². The number of hydrogen-bond donors (Lipinski definition) is 1. The molecule has 0 radical (unpaired) electrons. The van der Waals surface area contributed by atoms with Crippen LogP contribution < -0.4 is 15.1 Å². The summed E-state index contributed by atoms with van der Waals surface area (Å²) in [5.41, 5.74) is 6.31. The van der Waals surface area contributed by atoms with E-state index in [2.05, 4.69) is 27.6 Å². The summed E-state index contributed by atoms with van der Waals surface area (Å²) in [5, 5.41) is 4.08. The minimum absolute atomic E-state index is 0.275. The van der Waals surface area contributed by atoms with E-state index in [0.29, 0.717) is 11.3 Å². The molecule has 0 unspecified atom stereocenters. The van der Waals surface area contributed by atoms with Crippen LogP contribution >= 0.6 is 0 Å². The van der Waals surface area contributed by atoms with Crippen molar-refractivity contribution in [1.29, 1.82) is 0 Å². The third-order valence-corrected chi connectivity index (χ3v) is 4.33. The molecule has 1 saturated heterocycles. The Morgan fingerprint density at radius 3 is 2.77 bits per heavy atom. The van der Waals surface area contributed by atoms with Crippen LogP contribution in [-0.2, 0) is 4.74 Å². The number of methoxy groups -OCH3 is 1. The van der Waals surface area contributed by atoms with E-state index in [-0.39, 0.29) is 5.91 Å². The predicted molar refractivity (Wildman–Crippen MR) is 102 cm³/mol. The molecule has 136 valence electrons. The number of nitrogens with one attached hydrogen (secondary N) is 1. The van der Waals surface area contributed by atoms with E-state index in [4.69, 9.17) is 9.47 Å². The van der Waals surface area contributed by atoms with Gasteiger partial charge in [0.1, 0.15) is 5.75 Å². The maximum Gasteiger partial charge on any atom is 0.271 e. The number of anilines is 1. The maximum absolute atomic E-state index is 12.1. The van der Waals surface area contributed by atoms with Crippen LogP contribution in [0.25, 0.3) is 0 Å². The van der Waals surface area contributed by atoms with Crippen LogP contribution in [-0.4, -0.2) is 45.5 Å². The van der Waals surface area contributed by atoms with E-state index >= 15 is 0 Å². The zero-order valence-electron chi connectivity index (χ0n) is 15.1. The molecular weight excluding hydrogens is 330 g/mol. The SMILES string of the molecule is COc1cccc(C(=O)N/N=C\c2ccc(N3CCOCC3)cc2C)c1. The van der Waals surface area contributed by atoms with Crippen LogP contribution in [0.1, 0.15) is 21.5 Å². The lowest BCUT2D eigenvalue weighted by atomic mass is 10.1. The first-order valence-electron chi connectivity index (χ1n) is 8.58. The van der Waals surface area contributed by atoms with Gasteiger partial charge in [-0.3, -0.25) is 4.79 Å². The Labute approximate surface area is 153 Å². The highest BCUT2D eigenvalue weighted by Gasteiger charge is 2.11. The van der Waals surface area contributed by atoms with Gasteiger partial charge in [0.05, 0.1) is 26.5 Å². The molecular formula is C20H23N3O3. The molecule has 0 aliphatic carbocycles. The smallest absolute Gasteiger partial charge is 0.271 e. The van der Waals surface area contributed by atoms with Gasteiger partial charge in [-0.05, 0) is 48.4 Å². The van der Waals surface area contributed by atoms with Gasteiger partial charge in [-0.15, -0.1) is 0 Å². The Bertz CT molecular complexity index is 799. The Hall–Kier alpha value is -2.86. The topological polar surface area (TPSA) is 63.2 Å². The van der Waals surface area contributed by atoms with Crippen LogP contribution in [0.4, 0.5) is 5.69 Å². The number of morpholine rings is 1. The Kier molecular flexibility index (Phi) is 5.86. The Balaban J connectivity index is 1.63. The summed E-state index contributed by atoms with van der Waals surface area (Å²) >= 11 is 0. The van der Waals surface area contributed by atoms with Crippen molar-refractivity contribution >= 4 is 17.8 Å². The second-order valence-electron chi connectivity index (χ2n) is 6.07. The van der Waals surface area contributed by atoms with E-state index in [0.717, 1.165) is 37.4 Å². The van der Waals surface area contributed by atoms with Crippen molar-refractivity contribution in [2.24, 2.45) is 5.10 Å². The number of nitrogens with zero attached hydrogens (tertiary/aromatic N) is 2. The Morgan fingerprint density at radius 1 is 1.23 bits per heavy atom. The second-order valence-corrected chi connectivity index (χ2v) is 6.07. The molecule has 6 heteroatoms. The first-order chi connectivity index (χ1) is 12.7. The summed E-state index contributed by atoms with van der Waals surface area (Å²) in [6.07, 6.45) is 1.66. The normalized spacial score (nSPS) is 14.5. The summed E-state index contributed by atoms with van der Waals surface area (Å²) < 4.78 is 10.5. The number of aryl methyl sites for hydroxylation is 1. The molecule has 0 aromatic heterocycles. The standard InChI is InChI=1S/C20H23N3O3/c1-15-12-18(23-8-10-26-11-9-23)7-6-17(15)14-21-22-20(24)16-4-3-5-19(13-16)25-2/h3-7,12-14H,8-11H2,1-2H3,(H,22,24)/b21-14-. The number of ether oxygens (including phenoxy) is 2. The van der Waals surface area contributed by atoms with Crippen molar-refractivity contribution in [1.82, 2.24) is 5.43 Å². The monoisotopic (exact) mass is 353 g/mol. The van der Waals surface area contributed by atoms with Crippen LogP contribution in [0.3, 0.4) is 0 Å². The summed E-state index contributed by atoms with van der Waals surface area (Å²) in [6, 6.07) is 13.2. The summed E-state index contributed by atoms with van der Waals surface area (Å²) in [4.78, 5) is 14.5. The van der Waals surface area contributed by atoms with Gasteiger partial charge in [0.2, 0.25) is 0 Å². The number of amides is 1. The highest BCUT2D eigenvalue weighted by molar-refractivity contribution is 5.95. The maximum atomic E-state index is 12.1. The van der Waals surface area contributed by atoms with E-state index < -0.39 is 0 Å². The fourth-order valence-electron chi connectivity index (χ4n) is 2.81.